The first-order valence-electron chi connectivity index (χ1n) is 9.94. The molecule has 0 radical (unpaired) electrons. The number of carbonyl (C=O) groups excluding carboxylic acids is 1. The minimum atomic E-state index is -4.29. The second-order valence-corrected chi connectivity index (χ2v) is 9.74. The van der Waals surface area contributed by atoms with Gasteiger partial charge in [0.15, 0.2) is 0 Å². The summed E-state index contributed by atoms with van der Waals surface area (Å²) in [5.74, 6) is -0.563. The Labute approximate surface area is 180 Å². The van der Waals surface area contributed by atoms with Crippen molar-refractivity contribution in [1.29, 1.82) is 0 Å². The molecule has 1 fully saturated rings. The quantitative estimate of drug-likeness (QED) is 0.438. The zero-order valence-corrected chi connectivity index (χ0v) is 17.9. The minimum absolute atomic E-state index is 0.158. The number of hydrogen-bond acceptors (Lipinski definition) is 7. The van der Waals surface area contributed by atoms with Crippen LogP contribution in [0.3, 0.4) is 0 Å². The number of benzene rings is 2. The van der Waals surface area contributed by atoms with Crippen molar-refractivity contribution in [2.45, 2.75) is 43.1 Å². The van der Waals surface area contributed by atoms with Crippen molar-refractivity contribution in [3.05, 3.63) is 64.2 Å². The maximum Gasteiger partial charge on any atom is 0.293 e. The Morgan fingerprint density at radius 3 is 2.45 bits per heavy atom. The summed E-state index contributed by atoms with van der Waals surface area (Å²) in [6.07, 6.45) is 2.93. The van der Waals surface area contributed by atoms with E-state index in [-0.39, 0.29) is 22.1 Å². The lowest BCUT2D eigenvalue weighted by Gasteiger charge is -2.33. The first-order chi connectivity index (χ1) is 14.6. The number of nitro groups is 1. The molecule has 9 nitrogen and oxygen atoms in total. The Bertz CT molecular complexity index is 1060. The van der Waals surface area contributed by atoms with E-state index in [2.05, 4.69) is 5.32 Å². The molecule has 1 saturated carbocycles. The van der Waals surface area contributed by atoms with E-state index < -0.39 is 32.1 Å². The van der Waals surface area contributed by atoms with Crippen molar-refractivity contribution in [2.24, 2.45) is 5.92 Å². The van der Waals surface area contributed by atoms with Crippen LogP contribution in [0.5, 0.6) is 0 Å². The maximum atomic E-state index is 12.6. The molecular formula is C21H25N3O6S. The van der Waals surface area contributed by atoms with Gasteiger partial charge in [0.2, 0.25) is 0 Å². The minimum Gasteiger partial charge on any atom is -0.390 e. The Kier molecular flexibility index (Phi) is 6.61. The summed E-state index contributed by atoms with van der Waals surface area (Å²) in [6.45, 7) is 2.28. The van der Waals surface area contributed by atoms with Gasteiger partial charge in [-0.25, -0.2) is 13.1 Å². The van der Waals surface area contributed by atoms with Crippen molar-refractivity contribution < 1.29 is 23.2 Å². The maximum absolute atomic E-state index is 12.6. The summed E-state index contributed by atoms with van der Waals surface area (Å²) in [5, 5.41) is 24.6. The summed E-state index contributed by atoms with van der Waals surface area (Å²) >= 11 is 0. The molecule has 0 atom stereocenters. The predicted molar refractivity (Wildman–Crippen MR) is 115 cm³/mol. The van der Waals surface area contributed by atoms with Gasteiger partial charge in [-0.2, -0.15) is 0 Å². The van der Waals surface area contributed by atoms with Gasteiger partial charge < -0.3 is 10.4 Å². The van der Waals surface area contributed by atoms with Gasteiger partial charge >= 0.3 is 0 Å². The third kappa shape index (κ3) is 5.80. The van der Waals surface area contributed by atoms with Gasteiger partial charge in [-0.1, -0.05) is 18.2 Å². The molecule has 1 aliphatic rings. The molecular weight excluding hydrogens is 422 g/mol. The SMILES string of the molecule is CC1(O)CCC(CNc2ccc(S(=O)(=O)NC(=O)c3ccccc3)cc2[N+](=O)[O-])CC1. The fraction of sp³-hybridized carbons (Fsp3) is 0.381. The lowest BCUT2D eigenvalue weighted by Crippen LogP contribution is -2.32. The molecule has 0 saturated heterocycles. The molecule has 0 heterocycles. The fourth-order valence-corrected chi connectivity index (χ4v) is 4.56. The van der Waals surface area contributed by atoms with Gasteiger partial charge in [0.1, 0.15) is 5.69 Å². The average molecular weight is 448 g/mol. The Morgan fingerprint density at radius 2 is 1.84 bits per heavy atom. The third-order valence-electron chi connectivity index (χ3n) is 5.50. The molecule has 0 unspecified atom stereocenters. The molecule has 0 aliphatic heterocycles. The topological polar surface area (TPSA) is 139 Å². The zero-order chi connectivity index (χ0) is 22.6. The molecule has 2 aromatic carbocycles. The number of nitrogens with one attached hydrogen (secondary N) is 2. The highest BCUT2D eigenvalue weighted by atomic mass is 32.2. The van der Waals surface area contributed by atoms with Gasteiger partial charge in [0.25, 0.3) is 21.6 Å². The number of anilines is 1. The van der Waals surface area contributed by atoms with E-state index in [0.717, 1.165) is 18.9 Å². The highest BCUT2D eigenvalue weighted by Crippen LogP contribution is 2.33. The number of sulfonamides is 1. The fourth-order valence-electron chi connectivity index (χ4n) is 3.57. The van der Waals surface area contributed by atoms with Crippen molar-refractivity contribution in [2.75, 3.05) is 11.9 Å². The average Bonchev–Trinajstić information content (AvgIpc) is 2.73. The molecule has 1 amide bonds. The molecule has 31 heavy (non-hydrogen) atoms. The van der Waals surface area contributed by atoms with Crippen LogP contribution in [0.2, 0.25) is 0 Å². The Balaban J connectivity index is 1.73. The van der Waals surface area contributed by atoms with Crippen molar-refractivity contribution >= 4 is 27.3 Å². The molecule has 1 aliphatic carbocycles. The van der Waals surface area contributed by atoms with E-state index >= 15 is 0 Å². The van der Waals surface area contributed by atoms with E-state index in [0.29, 0.717) is 19.4 Å². The second kappa shape index (κ2) is 9.03. The highest BCUT2D eigenvalue weighted by molar-refractivity contribution is 7.90. The number of aliphatic hydroxyl groups is 1. The van der Waals surface area contributed by atoms with Gasteiger partial charge in [-0.15, -0.1) is 0 Å². The molecule has 0 bridgehead atoms. The lowest BCUT2D eigenvalue weighted by molar-refractivity contribution is -0.384. The van der Waals surface area contributed by atoms with E-state index in [9.17, 15) is 28.4 Å². The van der Waals surface area contributed by atoms with Crippen LogP contribution < -0.4 is 10.0 Å². The Hall–Kier alpha value is -2.98. The highest BCUT2D eigenvalue weighted by Gasteiger charge is 2.29. The van der Waals surface area contributed by atoms with Crippen molar-refractivity contribution in [3.63, 3.8) is 0 Å². The molecule has 3 rings (SSSR count). The molecule has 10 heteroatoms. The van der Waals surface area contributed by atoms with Crippen LogP contribution in [-0.4, -0.2) is 36.5 Å². The van der Waals surface area contributed by atoms with Crippen LogP contribution >= 0.6 is 0 Å². The third-order valence-corrected chi connectivity index (χ3v) is 6.83. The Morgan fingerprint density at radius 1 is 1.19 bits per heavy atom. The number of hydrogen-bond donors (Lipinski definition) is 3. The second-order valence-electron chi connectivity index (χ2n) is 8.06. The van der Waals surface area contributed by atoms with E-state index in [1.54, 1.807) is 25.1 Å². The summed E-state index contributed by atoms with van der Waals surface area (Å²) in [5.41, 5.74) is -0.693. The largest absolute Gasteiger partial charge is 0.390 e. The van der Waals surface area contributed by atoms with Gasteiger partial charge in [-0.05, 0) is 62.8 Å². The lowest BCUT2D eigenvalue weighted by atomic mass is 9.80. The first-order valence-corrected chi connectivity index (χ1v) is 11.4. The van der Waals surface area contributed by atoms with Gasteiger partial charge in [0.05, 0.1) is 15.4 Å². The van der Waals surface area contributed by atoms with Crippen LogP contribution in [0.4, 0.5) is 11.4 Å². The van der Waals surface area contributed by atoms with Crippen LogP contribution in [0.25, 0.3) is 0 Å². The predicted octanol–water partition coefficient (Wildman–Crippen LogP) is 3.07. The summed E-state index contributed by atoms with van der Waals surface area (Å²) in [4.78, 5) is 22.7. The number of nitro benzene ring substituents is 1. The summed E-state index contributed by atoms with van der Waals surface area (Å²) in [7, 11) is -4.29. The molecule has 2 aromatic rings. The number of carbonyl (C=O) groups is 1. The first kappa shape index (κ1) is 22.7. The van der Waals surface area contributed by atoms with Crippen LogP contribution in [0, 0.1) is 16.0 Å². The standard InChI is InChI=1S/C21H25N3O6S/c1-21(26)11-9-15(10-12-21)14-22-18-8-7-17(13-19(18)24(27)28)31(29,30)23-20(25)16-5-3-2-4-6-16/h2-8,13,15,22,26H,9-12,14H2,1H3,(H,23,25). The summed E-state index contributed by atoms with van der Waals surface area (Å²) in [6, 6.07) is 11.3. The van der Waals surface area contributed by atoms with E-state index in [1.807, 2.05) is 4.72 Å². The van der Waals surface area contributed by atoms with Crippen molar-refractivity contribution in [3.8, 4) is 0 Å². The van der Waals surface area contributed by atoms with Crippen LogP contribution in [0.1, 0.15) is 43.0 Å². The molecule has 0 aromatic heterocycles. The van der Waals surface area contributed by atoms with Crippen LogP contribution in [0.15, 0.2) is 53.4 Å². The van der Waals surface area contributed by atoms with E-state index in [1.165, 1.54) is 24.3 Å². The van der Waals surface area contributed by atoms with Crippen molar-refractivity contribution in [1.82, 2.24) is 4.72 Å². The summed E-state index contributed by atoms with van der Waals surface area (Å²) < 4.78 is 27.1. The zero-order valence-electron chi connectivity index (χ0n) is 17.1. The molecule has 3 N–H and O–H groups in total. The number of amides is 1. The monoisotopic (exact) mass is 447 g/mol. The van der Waals surface area contributed by atoms with Crippen LogP contribution in [-0.2, 0) is 10.0 Å². The number of nitrogens with zero attached hydrogens (tertiary/aromatic N) is 1. The molecule has 0 spiro atoms. The number of rotatable bonds is 7. The van der Waals surface area contributed by atoms with E-state index in [4.69, 9.17) is 0 Å². The molecule has 166 valence electrons. The van der Waals surface area contributed by atoms with Gasteiger partial charge in [0, 0.05) is 18.2 Å². The normalized spacial score (nSPS) is 21.3. The van der Waals surface area contributed by atoms with Gasteiger partial charge in [-0.3, -0.25) is 14.9 Å². The smallest absolute Gasteiger partial charge is 0.293 e.